The van der Waals surface area contributed by atoms with Crippen molar-refractivity contribution < 1.29 is 5.11 Å². The molecule has 0 aliphatic carbocycles. The Hall–Kier alpha value is -1.48. The molecule has 0 aromatic rings. The smallest absolute Gasteiger partial charge is 0.139 e. The fourth-order valence-electron chi connectivity index (χ4n) is 0.741. The van der Waals surface area contributed by atoms with Gasteiger partial charge in [0.15, 0.2) is 0 Å². The third kappa shape index (κ3) is 3.27. The van der Waals surface area contributed by atoms with Crippen molar-refractivity contribution in [2.24, 2.45) is 11.8 Å². The number of nitrogens with zero attached hydrogens (tertiary/aromatic N) is 2. The van der Waals surface area contributed by atoms with E-state index in [2.05, 4.69) is 0 Å². The van der Waals surface area contributed by atoms with Gasteiger partial charge in [0.1, 0.15) is 5.92 Å². The van der Waals surface area contributed by atoms with Crippen LogP contribution in [0.1, 0.15) is 13.8 Å². The topological polar surface area (TPSA) is 67.8 Å². The molecular weight excluding hydrogens is 140 g/mol. The van der Waals surface area contributed by atoms with Gasteiger partial charge in [-0.05, 0) is 13.0 Å². The van der Waals surface area contributed by atoms with Crippen LogP contribution in [0.4, 0.5) is 0 Å². The maximum absolute atomic E-state index is 8.80. The normalized spacial score (nSPS) is 13.7. The van der Waals surface area contributed by atoms with Crippen LogP contribution in [-0.2, 0) is 0 Å². The number of allylic oxidation sites excluding steroid dienone is 2. The van der Waals surface area contributed by atoms with Gasteiger partial charge in [-0.15, -0.1) is 0 Å². The molecule has 0 saturated carbocycles. The largest absolute Gasteiger partial charge is 0.513 e. The monoisotopic (exact) mass is 150 g/mol. The average molecular weight is 150 g/mol. The Labute approximate surface area is 66.2 Å². The van der Waals surface area contributed by atoms with E-state index in [0.29, 0.717) is 0 Å². The molecule has 3 nitrogen and oxygen atoms in total. The molecule has 0 spiro atoms. The van der Waals surface area contributed by atoms with Crippen LogP contribution < -0.4 is 0 Å². The second kappa shape index (κ2) is 4.35. The molecule has 0 radical (unpaired) electrons. The molecule has 0 rings (SSSR count). The summed E-state index contributed by atoms with van der Waals surface area (Å²) in [6.07, 6.45) is 1.50. The molecule has 0 aromatic heterocycles. The van der Waals surface area contributed by atoms with E-state index in [0.717, 1.165) is 0 Å². The van der Waals surface area contributed by atoms with Crippen molar-refractivity contribution >= 4 is 0 Å². The standard InChI is InChI=1S/C8H10N2O/c1-6(3-7(2)11)8(4-9)5-10/h3,6,8,11H,1-2H3. The third-order valence-electron chi connectivity index (χ3n) is 1.31. The molecule has 0 fully saturated rings. The third-order valence-corrected chi connectivity index (χ3v) is 1.31. The van der Waals surface area contributed by atoms with Crippen LogP contribution >= 0.6 is 0 Å². The molecule has 58 valence electrons. The van der Waals surface area contributed by atoms with Crippen LogP contribution in [0.25, 0.3) is 0 Å². The predicted octanol–water partition coefficient (Wildman–Crippen LogP) is 1.75. The van der Waals surface area contributed by atoms with E-state index in [1.807, 2.05) is 12.1 Å². The molecule has 11 heavy (non-hydrogen) atoms. The summed E-state index contributed by atoms with van der Waals surface area (Å²) in [5, 5.41) is 25.7. The molecule has 1 unspecified atom stereocenters. The Morgan fingerprint density at radius 1 is 1.45 bits per heavy atom. The first-order valence-electron chi connectivity index (χ1n) is 3.28. The van der Waals surface area contributed by atoms with E-state index < -0.39 is 5.92 Å². The lowest BCUT2D eigenvalue weighted by atomic mass is 9.96. The summed E-state index contributed by atoms with van der Waals surface area (Å²) in [5.41, 5.74) is 0. The van der Waals surface area contributed by atoms with Gasteiger partial charge in [0.25, 0.3) is 0 Å². The summed E-state index contributed by atoms with van der Waals surface area (Å²) >= 11 is 0. The minimum absolute atomic E-state index is 0.146. The highest BCUT2D eigenvalue weighted by Gasteiger charge is 2.12. The number of aliphatic hydroxyl groups excluding tert-OH is 1. The molecule has 0 aliphatic rings. The number of hydrogen-bond acceptors (Lipinski definition) is 3. The van der Waals surface area contributed by atoms with Crippen molar-refractivity contribution in [3.05, 3.63) is 11.8 Å². The van der Waals surface area contributed by atoms with Gasteiger partial charge in [-0.1, -0.05) is 6.92 Å². The van der Waals surface area contributed by atoms with Crippen LogP contribution in [0.15, 0.2) is 11.8 Å². The van der Waals surface area contributed by atoms with Gasteiger partial charge < -0.3 is 5.11 Å². The zero-order chi connectivity index (χ0) is 8.85. The lowest BCUT2D eigenvalue weighted by Crippen LogP contribution is -2.04. The molecule has 3 heteroatoms. The van der Waals surface area contributed by atoms with Crippen molar-refractivity contribution in [1.29, 1.82) is 10.5 Å². The Kier molecular flexibility index (Phi) is 3.77. The van der Waals surface area contributed by atoms with E-state index >= 15 is 0 Å². The van der Waals surface area contributed by atoms with Crippen LogP contribution in [0.5, 0.6) is 0 Å². The maximum atomic E-state index is 8.80. The van der Waals surface area contributed by atoms with E-state index in [4.69, 9.17) is 15.6 Å². The van der Waals surface area contributed by atoms with Crippen LogP contribution in [-0.4, -0.2) is 5.11 Å². The van der Waals surface area contributed by atoms with Crippen molar-refractivity contribution in [2.75, 3.05) is 0 Å². The zero-order valence-electron chi connectivity index (χ0n) is 6.57. The van der Waals surface area contributed by atoms with Crippen LogP contribution in [0.3, 0.4) is 0 Å². The van der Waals surface area contributed by atoms with Crippen molar-refractivity contribution in [2.45, 2.75) is 13.8 Å². The number of rotatable bonds is 2. The summed E-state index contributed by atoms with van der Waals surface area (Å²) < 4.78 is 0. The summed E-state index contributed by atoms with van der Waals surface area (Å²) in [6, 6.07) is 3.68. The maximum Gasteiger partial charge on any atom is 0.139 e. The lowest BCUT2D eigenvalue weighted by Gasteiger charge is -2.04. The minimum atomic E-state index is -0.669. The Bertz CT molecular complexity index is 213. The number of nitriles is 2. The second-order valence-electron chi connectivity index (χ2n) is 2.40. The first-order chi connectivity index (χ1) is 5.11. The highest BCUT2D eigenvalue weighted by atomic mass is 16.3. The average Bonchev–Trinajstić information content (AvgIpc) is 1.88. The molecule has 1 N–H and O–H groups in total. The van der Waals surface area contributed by atoms with E-state index in [-0.39, 0.29) is 11.7 Å². The highest BCUT2D eigenvalue weighted by molar-refractivity contribution is 5.07. The number of aliphatic hydroxyl groups is 1. The summed E-state index contributed by atoms with van der Waals surface area (Å²) in [5.74, 6) is -0.736. The fourth-order valence-corrected chi connectivity index (χ4v) is 0.741. The SMILES string of the molecule is CC(O)=CC(C)C(C#N)C#N. The molecular formula is C8H10N2O. The Morgan fingerprint density at radius 2 is 1.91 bits per heavy atom. The van der Waals surface area contributed by atoms with Gasteiger partial charge in [0.05, 0.1) is 17.9 Å². The number of hydrogen-bond donors (Lipinski definition) is 1. The quantitative estimate of drug-likeness (QED) is 0.609. The molecule has 0 amide bonds. The van der Waals surface area contributed by atoms with Gasteiger partial charge >= 0.3 is 0 Å². The summed E-state index contributed by atoms with van der Waals surface area (Å²) in [4.78, 5) is 0. The molecule has 1 atom stereocenters. The molecule has 0 aliphatic heterocycles. The van der Waals surface area contributed by atoms with Gasteiger partial charge in [-0.3, -0.25) is 0 Å². The first kappa shape index (κ1) is 9.52. The Balaban J connectivity index is 4.28. The van der Waals surface area contributed by atoms with Crippen LogP contribution in [0.2, 0.25) is 0 Å². The van der Waals surface area contributed by atoms with E-state index in [1.54, 1.807) is 6.92 Å². The van der Waals surface area contributed by atoms with E-state index in [9.17, 15) is 0 Å². The van der Waals surface area contributed by atoms with Gasteiger partial charge in [0, 0.05) is 5.92 Å². The van der Waals surface area contributed by atoms with Gasteiger partial charge in [-0.2, -0.15) is 10.5 Å². The van der Waals surface area contributed by atoms with Crippen molar-refractivity contribution in [3.63, 3.8) is 0 Å². The molecule has 0 heterocycles. The van der Waals surface area contributed by atoms with Crippen molar-refractivity contribution in [1.82, 2.24) is 0 Å². The summed E-state index contributed by atoms with van der Waals surface area (Å²) in [6.45, 7) is 3.24. The fraction of sp³-hybridized carbons (Fsp3) is 0.500. The van der Waals surface area contributed by atoms with Crippen molar-refractivity contribution in [3.8, 4) is 12.1 Å². The molecule has 0 aromatic carbocycles. The predicted molar refractivity (Wildman–Crippen MR) is 40.3 cm³/mol. The first-order valence-corrected chi connectivity index (χ1v) is 3.28. The minimum Gasteiger partial charge on any atom is -0.513 e. The van der Waals surface area contributed by atoms with Gasteiger partial charge in [-0.25, -0.2) is 0 Å². The lowest BCUT2D eigenvalue weighted by molar-refractivity contribution is 0.403. The van der Waals surface area contributed by atoms with Crippen LogP contribution in [0, 0.1) is 34.5 Å². The Morgan fingerprint density at radius 3 is 2.18 bits per heavy atom. The van der Waals surface area contributed by atoms with Gasteiger partial charge in [0.2, 0.25) is 0 Å². The molecule has 0 bridgehead atoms. The molecule has 0 saturated heterocycles. The highest BCUT2D eigenvalue weighted by Crippen LogP contribution is 2.12. The second-order valence-corrected chi connectivity index (χ2v) is 2.40. The zero-order valence-corrected chi connectivity index (χ0v) is 6.57. The summed E-state index contributed by atoms with van der Waals surface area (Å²) in [7, 11) is 0. The van der Waals surface area contributed by atoms with E-state index in [1.165, 1.54) is 13.0 Å².